The highest BCUT2D eigenvalue weighted by molar-refractivity contribution is 6.03. The Kier molecular flexibility index (Phi) is 5.59. The number of aromatic nitrogens is 1. The second-order valence-electron chi connectivity index (χ2n) is 9.94. The Balaban J connectivity index is 1.46. The minimum Gasteiger partial charge on any atom is -0.507 e. The molecule has 0 radical (unpaired) electrons. The fraction of sp³-hybridized carbons (Fsp3) is 0.429. The Morgan fingerprint density at radius 1 is 1.17 bits per heavy atom. The van der Waals surface area contributed by atoms with Gasteiger partial charge in [0.1, 0.15) is 11.9 Å². The molecule has 2 aliphatic carbocycles. The van der Waals surface area contributed by atoms with Crippen molar-refractivity contribution in [2.75, 3.05) is 19.8 Å². The molecule has 1 N–H and O–H groups in total. The van der Waals surface area contributed by atoms with E-state index in [1.165, 1.54) is 12.1 Å². The number of esters is 1. The van der Waals surface area contributed by atoms with Crippen LogP contribution >= 0.6 is 0 Å². The van der Waals surface area contributed by atoms with Crippen LogP contribution in [0.3, 0.4) is 0 Å². The molecular weight excluding hydrogens is 468 g/mol. The number of hydrogen-bond donors (Lipinski definition) is 1. The number of ether oxygens (including phenoxy) is 3. The molecule has 36 heavy (non-hydrogen) atoms. The van der Waals surface area contributed by atoms with Crippen LogP contribution in [0.5, 0.6) is 11.6 Å². The number of fused-ring (bicyclic) bond motifs is 2. The van der Waals surface area contributed by atoms with E-state index in [1.807, 2.05) is 6.07 Å². The first-order valence-corrected chi connectivity index (χ1v) is 12.5. The summed E-state index contributed by atoms with van der Waals surface area (Å²) in [5.41, 5.74) is 1.40. The molecule has 3 fully saturated rings. The van der Waals surface area contributed by atoms with Gasteiger partial charge in [-0.1, -0.05) is 18.2 Å². The third kappa shape index (κ3) is 3.61. The third-order valence-corrected chi connectivity index (χ3v) is 7.91. The summed E-state index contributed by atoms with van der Waals surface area (Å²) in [6, 6.07) is 8.92. The zero-order valence-electron chi connectivity index (χ0n) is 19.9. The van der Waals surface area contributed by atoms with Gasteiger partial charge in [-0.25, -0.2) is 13.8 Å². The Morgan fingerprint density at radius 3 is 2.69 bits per heavy atom. The van der Waals surface area contributed by atoms with E-state index in [4.69, 9.17) is 19.2 Å². The van der Waals surface area contributed by atoms with E-state index < -0.39 is 17.0 Å². The minimum atomic E-state index is -0.947. The maximum absolute atomic E-state index is 14.3. The van der Waals surface area contributed by atoms with E-state index >= 15 is 0 Å². The van der Waals surface area contributed by atoms with Gasteiger partial charge < -0.3 is 19.3 Å². The zero-order valence-corrected chi connectivity index (χ0v) is 19.9. The molecule has 6 rings (SSSR count). The van der Waals surface area contributed by atoms with Crippen molar-refractivity contribution in [1.82, 2.24) is 4.98 Å². The molecule has 8 heteroatoms. The van der Waals surface area contributed by atoms with E-state index in [1.54, 1.807) is 19.1 Å². The van der Waals surface area contributed by atoms with Crippen molar-refractivity contribution in [2.45, 2.75) is 44.6 Å². The lowest BCUT2D eigenvalue weighted by molar-refractivity contribution is -0.156. The second kappa shape index (κ2) is 8.69. The first kappa shape index (κ1) is 23.2. The Bertz CT molecular complexity index is 1360. The minimum absolute atomic E-state index is 0.0101. The first-order chi connectivity index (χ1) is 17.4. The van der Waals surface area contributed by atoms with Crippen molar-refractivity contribution in [3.8, 4) is 22.8 Å². The Morgan fingerprint density at radius 2 is 1.97 bits per heavy atom. The van der Waals surface area contributed by atoms with Crippen molar-refractivity contribution in [2.24, 2.45) is 11.3 Å². The van der Waals surface area contributed by atoms with Crippen LogP contribution in [-0.2, 0) is 14.3 Å². The van der Waals surface area contributed by atoms with Crippen LogP contribution in [0.4, 0.5) is 8.78 Å². The molecule has 3 aliphatic rings. The lowest BCUT2D eigenvalue weighted by atomic mass is 9.82. The van der Waals surface area contributed by atoms with Crippen LogP contribution in [-0.4, -0.2) is 42.0 Å². The van der Waals surface area contributed by atoms with Gasteiger partial charge in [0.15, 0.2) is 11.6 Å². The molecule has 188 valence electrons. The van der Waals surface area contributed by atoms with E-state index in [0.29, 0.717) is 59.7 Å². The standard InChI is InChI=1S/C28H27F2NO5/c1-2-35-27(33)28-13-18(28)22(14-28)36-26-24-17(4-3-5-21(24)32)23(16-6-7-19(29)20(30)12-16)25(31-26)15-8-10-34-11-9-15/h3-7,12,15,18,22,32H,2,8-11,13-14H2,1H3/t18?,22-,28-/m1/s1. The predicted molar refractivity (Wildman–Crippen MR) is 128 cm³/mol. The smallest absolute Gasteiger partial charge is 0.312 e. The molecule has 3 aromatic rings. The Labute approximate surface area is 207 Å². The molecule has 1 saturated heterocycles. The number of hydrogen-bond acceptors (Lipinski definition) is 6. The summed E-state index contributed by atoms with van der Waals surface area (Å²) < 4.78 is 45.2. The van der Waals surface area contributed by atoms with E-state index in [-0.39, 0.29) is 29.7 Å². The first-order valence-electron chi connectivity index (χ1n) is 12.5. The van der Waals surface area contributed by atoms with Gasteiger partial charge in [-0.15, -0.1) is 0 Å². The van der Waals surface area contributed by atoms with Crippen molar-refractivity contribution in [3.63, 3.8) is 0 Å². The second-order valence-corrected chi connectivity index (χ2v) is 9.94. The van der Waals surface area contributed by atoms with E-state index in [0.717, 1.165) is 25.3 Å². The SMILES string of the molecule is CCOC(=O)[C@@]12CC1[C@H](Oc1nc(C3CCOCC3)c(-c3ccc(F)c(F)c3)c3cccc(O)c13)C2. The van der Waals surface area contributed by atoms with Gasteiger partial charge >= 0.3 is 5.97 Å². The third-order valence-electron chi connectivity index (χ3n) is 7.91. The number of nitrogens with zero attached hydrogens (tertiary/aromatic N) is 1. The number of phenolic OH excluding ortho intramolecular Hbond substituents is 1. The molecule has 3 atom stereocenters. The lowest BCUT2D eigenvalue weighted by Crippen LogP contribution is -2.41. The topological polar surface area (TPSA) is 77.9 Å². The maximum atomic E-state index is 14.3. The van der Waals surface area contributed by atoms with Gasteiger partial charge in [-0.2, -0.15) is 0 Å². The molecule has 2 aromatic carbocycles. The van der Waals surface area contributed by atoms with Crippen LogP contribution in [0.15, 0.2) is 36.4 Å². The number of carbonyl (C=O) groups excluding carboxylic acids is 1. The summed E-state index contributed by atoms with van der Waals surface area (Å²) in [6.45, 7) is 3.29. The summed E-state index contributed by atoms with van der Waals surface area (Å²) in [5.74, 6) is -1.67. The molecule has 0 spiro atoms. The molecule has 0 amide bonds. The quantitative estimate of drug-likeness (QED) is 0.455. The summed E-state index contributed by atoms with van der Waals surface area (Å²) in [5, 5.41) is 11.9. The maximum Gasteiger partial charge on any atom is 0.312 e. The molecule has 2 heterocycles. The number of phenols is 1. The van der Waals surface area contributed by atoms with E-state index in [9.17, 15) is 18.7 Å². The van der Waals surface area contributed by atoms with Crippen LogP contribution in [0, 0.1) is 23.0 Å². The number of carbonyl (C=O) groups is 1. The molecule has 0 bridgehead atoms. The van der Waals surface area contributed by atoms with Crippen molar-refractivity contribution in [1.29, 1.82) is 0 Å². The van der Waals surface area contributed by atoms with Crippen molar-refractivity contribution >= 4 is 16.7 Å². The zero-order chi connectivity index (χ0) is 25.0. The van der Waals surface area contributed by atoms with Crippen LogP contribution in [0.2, 0.25) is 0 Å². The summed E-state index contributed by atoms with van der Waals surface area (Å²) >= 11 is 0. The van der Waals surface area contributed by atoms with E-state index in [2.05, 4.69) is 0 Å². The summed E-state index contributed by atoms with van der Waals surface area (Å²) in [7, 11) is 0. The number of rotatable bonds is 6. The van der Waals surface area contributed by atoms with Crippen LogP contribution < -0.4 is 4.74 Å². The molecule has 6 nitrogen and oxygen atoms in total. The average molecular weight is 496 g/mol. The average Bonchev–Trinajstić information content (AvgIpc) is 3.50. The Hall–Kier alpha value is -3.26. The number of halogens is 2. The van der Waals surface area contributed by atoms with Crippen LogP contribution in [0.25, 0.3) is 21.9 Å². The fourth-order valence-corrected chi connectivity index (χ4v) is 5.90. The number of aromatic hydroxyl groups is 1. The molecule has 1 aromatic heterocycles. The van der Waals surface area contributed by atoms with Gasteiger partial charge in [0.2, 0.25) is 5.88 Å². The fourth-order valence-electron chi connectivity index (χ4n) is 5.90. The molecule has 2 saturated carbocycles. The van der Waals surface area contributed by atoms with Gasteiger partial charge in [0.25, 0.3) is 0 Å². The summed E-state index contributed by atoms with van der Waals surface area (Å²) in [6.07, 6.45) is 2.52. The normalized spacial score (nSPS) is 25.2. The van der Waals surface area contributed by atoms with Crippen LogP contribution in [0.1, 0.15) is 44.2 Å². The predicted octanol–water partition coefficient (Wildman–Crippen LogP) is 5.50. The van der Waals surface area contributed by atoms with Gasteiger partial charge in [-0.05, 0) is 49.9 Å². The highest BCUT2D eigenvalue weighted by atomic mass is 19.2. The molecular formula is C28H27F2NO5. The van der Waals surface area contributed by atoms with Crippen molar-refractivity contribution in [3.05, 3.63) is 53.7 Å². The van der Waals surface area contributed by atoms with Gasteiger partial charge in [-0.3, -0.25) is 4.79 Å². The summed E-state index contributed by atoms with van der Waals surface area (Å²) in [4.78, 5) is 17.3. The molecule has 1 aliphatic heterocycles. The van der Waals surface area contributed by atoms with Crippen molar-refractivity contribution < 1.29 is 32.9 Å². The largest absolute Gasteiger partial charge is 0.507 e. The highest BCUT2D eigenvalue weighted by Gasteiger charge is 2.74. The monoisotopic (exact) mass is 495 g/mol. The highest BCUT2D eigenvalue weighted by Crippen LogP contribution is 2.69. The number of pyridine rings is 1. The van der Waals surface area contributed by atoms with Gasteiger partial charge in [0.05, 0.1) is 23.1 Å². The number of benzene rings is 2. The molecule has 1 unspecified atom stereocenters. The van der Waals surface area contributed by atoms with Gasteiger partial charge in [0, 0.05) is 42.4 Å². The lowest BCUT2D eigenvalue weighted by Gasteiger charge is -2.33.